The van der Waals surface area contributed by atoms with E-state index in [2.05, 4.69) is 14.2 Å². The van der Waals surface area contributed by atoms with E-state index in [9.17, 15) is 27.2 Å². The lowest BCUT2D eigenvalue weighted by Gasteiger charge is -2.32. The molecule has 2 rings (SSSR count). The Morgan fingerprint density at radius 3 is 2.33 bits per heavy atom. The summed E-state index contributed by atoms with van der Waals surface area (Å²) in [4.78, 5) is 25.2. The van der Waals surface area contributed by atoms with Gasteiger partial charge in [-0.3, -0.25) is 0 Å². The molecule has 1 heterocycles. The summed E-state index contributed by atoms with van der Waals surface area (Å²) in [5.74, 6) is -4.13. The van der Waals surface area contributed by atoms with E-state index in [0.29, 0.717) is 0 Å². The quantitative estimate of drug-likeness (QED) is 0.575. The maximum absolute atomic E-state index is 14.1. The van der Waals surface area contributed by atoms with Gasteiger partial charge in [-0.1, -0.05) is 0 Å². The summed E-state index contributed by atoms with van der Waals surface area (Å²) in [6.45, 7) is 0.842. The van der Waals surface area contributed by atoms with Crippen molar-refractivity contribution < 1.29 is 46.1 Å². The number of hydrogen-bond donors (Lipinski definition) is 0. The zero-order chi connectivity index (χ0) is 20.4. The molecule has 11 heteroatoms. The Labute approximate surface area is 151 Å². The van der Waals surface area contributed by atoms with Crippen molar-refractivity contribution in [2.24, 2.45) is 0 Å². The summed E-state index contributed by atoms with van der Waals surface area (Å²) in [6, 6.07) is 1.56. The number of esters is 2. The maximum Gasteiger partial charge on any atom is 0.573 e. The average Bonchev–Trinajstić information content (AvgIpc) is 2.61. The van der Waals surface area contributed by atoms with Gasteiger partial charge < -0.3 is 23.8 Å². The number of benzene rings is 1. The number of anilines is 1. The third-order valence-corrected chi connectivity index (χ3v) is 3.60. The van der Waals surface area contributed by atoms with Crippen LogP contribution in [0.4, 0.5) is 23.2 Å². The van der Waals surface area contributed by atoms with Crippen LogP contribution in [0.1, 0.15) is 5.56 Å². The number of methoxy groups -OCH3 is 2. The second-order valence-electron chi connectivity index (χ2n) is 5.33. The van der Waals surface area contributed by atoms with Crippen molar-refractivity contribution in [1.29, 1.82) is 0 Å². The normalized spacial score (nSPS) is 14.9. The first-order chi connectivity index (χ1) is 12.6. The Morgan fingerprint density at radius 1 is 1.15 bits per heavy atom. The van der Waals surface area contributed by atoms with E-state index >= 15 is 0 Å². The molecule has 0 radical (unpaired) electrons. The van der Waals surface area contributed by atoms with Crippen LogP contribution in [0.2, 0.25) is 0 Å². The van der Waals surface area contributed by atoms with Crippen LogP contribution in [-0.4, -0.2) is 45.9 Å². The lowest BCUT2D eigenvalue weighted by atomic mass is 10.1. The van der Waals surface area contributed by atoms with Gasteiger partial charge in [0.15, 0.2) is 11.6 Å². The molecule has 1 aromatic rings. The topological polar surface area (TPSA) is 74.3 Å². The van der Waals surface area contributed by atoms with Crippen LogP contribution in [0.25, 0.3) is 0 Å². The van der Waals surface area contributed by atoms with Gasteiger partial charge in [-0.25, -0.2) is 14.0 Å². The first kappa shape index (κ1) is 20.5. The summed E-state index contributed by atoms with van der Waals surface area (Å²) in [7, 11) is 2.17. The van der Waals surface area contributed by atoms with Crippen molar-refractivity contribution >= 4 is 17.6 Å². The summed E-state index contributed by atoms with van der Waals surface area (Å²) in [5, 5.41) is 0. The number of halogens is 4. The van der Waals surface area contributed by atoms with Crippen molar-refractivity contribution in [2.75, 3.05) is 32.5 Å². The Bertz CT molecular complexity index is 790. The van der Waals surface area contributed by atoms with Gasteiger partial charge in [-0.2, -0.15) is 0 Å². The Balaban J connectivity index is 2.56. The van der Waals surface area contributed by atoms with Crippen LogP contribution in [0.15, 0.2) is 23.4 Å². The highest BCUT2D eigenvalue weighted by Gasteiger charge is 2.35. The molecule has 1 aliphatic heterocycles. The standard InChI is InChI=1S/C16H15F4NO6/c1-8-4-12(27-16(18,19)20)10(17)5-11(8)21-7-26-6-9(14(22)24-2)13(21)15(23)25-3/h4-5H,6-7H2,1-3H3. The molecule has 0 aliphatic carbocycles. The Kier molecular flexibility index (Phi) is 5.94. The highest BCUT2D eigenvalue weighted by atomic mass is 19.4. The molecular formula is C16H15F4NO6. The van der Waals surface area contributed by atoms with Crippen molar-refractivity contribution in [3.8, 4) is 5.75 Å². The number of ether oxygens (including phenoxy) is 4. The number of carbonyl (C=O) groups is 2. The zero-order valence-electron chi connectivity index (χ0n) is 14.5. The van der Waals surface area contributed by atoms with Gasteiger partial charge in [0, 0.05) is 11.8 Å². The third kappa shape index (κ3) is 4.48. The van der Waals surface area contributed by atoms with Crippen molar-refractivity contribution in [3.05, 3.63) is 34.8 Å². The molecule has 0 saturated heterocycles. The van der Waals surface area contributed by atoms with Crippen molar-refractivity contribution in [1.82, 2.24) is 0 Å². The molecule has 1 aromatic carbocycles. The zero-order valence-corrected chi connectivity index (χ0v) is 14.5. The lowest BCUT2D eigenvalue weighted by molar-refractivity contribution is -0.275. The highest BCUT2D eigenvalue weighted by Crippen LogP contribution is 2.35. The van der Waals surface area contributed by atoms with E-state index in [4.69, 9.17) is 4.74 Å². The molecule has 148 valence electrons. The van der Waals surface area contributed by atoms with Gasteiger partial charge in [-0.05, 0) is 18.6 Å². The molecule has 0 saturated carbocycles. The van der Waals surface area contributed by atoms with Gasteiger partial charge in [-0.15, -0.1) is 13.2 Å². The highest BCUT2D eigenvalue weighted by molar-refractivity contribution is 6.03. The Hall–Kier alpha value is -2.82. The summed E-state index contributed by atoms with van der Waals surface area (Å²) >= 11 is 0. The fraction of sp³-hybridized carbons (Fsp3) is 0.375. The van der Waals surface area contributed by atoms with E-state index in [-0.39, 0.29) is 35.9 Å². The number of carbonyl (C=O) groups excluding carboxylic acids is 2. The third-order valence-electron chi connectivity index (χ3n) is 3.60. The number of nitrogens with zero attached hydrogens (tertiary/aromatic N) is 1. The molecule has 0 unspecified atom stereocenters. The Morgan fingerprint density at radius 2 is 1.78 bits per heavy atom. The fourth-order valence-electron chi connectivity index (χ4n) is 2.47. The largest absolute Gasteiger partial charge is 0.573 e. The molecule has 7 nitrogen and oxygen atoms in total. The minimum atomic E-state index is -5.07. The van der Waals surface area contributed by atoms with E-state index in [0.717, 1.165) is 31.3 Å². The van der Waals surface area contributed by atoms with E-state index < -0.39 is 29.9 Å². The minimum Gasteiger partial charge on any atom is -0.466 e. The van der Waals surface area contributed by atoms with Crippen LogP contribution >= 0.6 is 0 Å². The predicted octanol–water partition coefficient (Wildman–Crippen LogP) is 2.43. The monoisotopic (exact) mass is 393 g/mol. The molecule has 0 bridgehead atoms. The van der Waals surface area contributed by atoms with Crippen molar-refractivity contribution in [2.45, 2.75) is 13.3 Å². The number of alkyl halides is 3. The van der Waals surface area contributed by atoms with Gasteiger partial charge >= 0.3 is 18.3 Å². The van der Waals surface area contributed by atoms with Gasteiger partial charge in [0.1, 0.15) is 12.4 Å². The van der Waals surface area contributed by atoms with E-state index in [1.54, 1.807) is 0 Å². The fourth-order valence-corrected chi connectivity index (χ4v) is 2.47. The molecule has 1 aliphatic rings. The molecule has 0 N–H and O–H groups in total. The smallest absolute Gasteiger partial charge is 0.466 e. The molecule has 0 spiro atoms. The van der Waals surface area contributed by atoms with Gasteiger partial charge in [0.25, 0.3) is 0 Å². The first-order valence-corrected chi connectivity index (χ1v) is 7.40. The molecule has 27 heavy (non-hydrogen) atoms. The van der Waals surface area contributed by atoms with Crippen LogP contribution in [0, 0.1) is 12.7 Å². The second kappa shape index (κ2) is 7.82. The predicted molar refractivity (Wildman–Crippen MR) is 82.2 cm³/mol. The number of hydrogen-bond acceptors (Lipinski definition) is 7. The minimum absolute atomic E-state index is 0.0106. The maximum atomic E-state index is 14.1. The average molecular weight is 393 g/mol. The number of aryl methyl sites for hydroxylation is 1. The van der Waals surface area contributed by atoms with Crippen LogP contribution < -0.4 is 9.64 Å². The molecular weight excluding hydrogens is 378 g/mol. The molecule has 0 aromatic heterocycles. The number of rotatable bonds is 4. The molecule has 0 amide bonds. The summed E-state index contributed by atoms with van der Waals surface area (Å²) in [5.41, 5.74) is -0.316. The van der Waals surface area contributed by atoms with E-state index in [1.807, 2.05) is 0 Å². The summed E-state index contributed by atoms with van der Waals surface area (Å²) < 4.78 is 69.3. The lowest BCUT2D eigenvalue weighted by Crippen LogP contribution is -2.39. The first-order valence-electron chi connectivity index (χ1n) is 7.40. The van der Waals surface area contributed by atoms with E-state index in [1.165, 1.54) is 6.92 Å². The van der Waals surface area contributed by atoms with Crippen LogP contribution in [-0.2, 0) is 23.8 Å². The SMILES string of the molecule is COC(=O)C1=C(C(=O)OC)N(c2cc(F)c(OC(F)(F)F)cc2C)COC1. The summed E-state index contributed by atoms with van der Waals surface area (Å²) in [6.07, 6.45) is -5.07. The second-order valence-corrected chi connectivity index (χ2v) is 5.33. The molecule has 0 atom stereocenters. The van der Waals surface area contributed by atoms with Gasteiger partial charge in [0.05, 0.1) is 26.4 Å². The van der Waals surface area contributed by atoms with Crippen molar-refractivity contribution in [3.63, 3.8) is 0 Å². The van der Waals surface area contributed by atoms with Crippen LogP contribution in [0.5, 0.6) is 5.75 Å². The van der Waals surface area contributed by atoms with Gasteiger partial charge in [0.2, 0.25) is 0 Å². The van der Waals surface area contributed by atoms with Crippen LogP contribution in [0.3, 0.4) is 0 Å². The molecule has 0 fully saturated rings.